The van der Waals surface area contributed by atoms with Crippen molar-refractivity contribution >= 4 is 23.7 Å². The van der Waals surface area contributed by atoms with Gasteiger partial charge in [-0.25, -0.2) is 0 Å². The van der Waals surface area contributed by atoms with Crippen molar-refractivity contribution in [2.45, 2.75) is 95.6 Å². The lowest BCUT2D eigenvalue weighted by molar-refractivity contribution is -0.161. The number of hydrogen-bond acceptors (Lipinski definition) is 7. The molecule has 2 N–H and O–H groups in total. The Bertz CT molecular complexity index is 1250. The smallest absolute Gasteiger partial charge is 0.313 e. The van der Waals surface area contributed by atoms with E-state index in [1.165, 1.54) is 4.90 Å². The van der Waals surface area contributed by atoms with E-state index in [1.807, 2.05) is 51.1 Å². The quantitative estimate of drug-likeness (QED) is 0.185. The van der Waals surface area contributed by atoms with E-state index in [0.29, 0.717) is 44.3 Å². The molecular weight excluding hydrogens is 586 g/mol. The fourth-order valence-corrected chi connectivity index (χ4v) is 7.46. The minimum absolute atomic E-state index is 0.0654. The number of carbonyl (C=O) groups is 4. The average Bonchev–Trinajstić information content (AvgIpc) is 3.70. The fourth-order valence-electron chi connectivity index (χ4n) is 7.46. The third-order valence-electron chi connectivity index (χ3n) is 9.52. The second-order valence-corrected chi connectivity index (χ2v) is 13.2. The average molecular weight is 638 g/mol. The molecule has 10 nitrogen and oxygen atoms in total. The Morgan fingerprint density at radius 1 is 1.22 bits per heavy atom. The maximum absolute atomic E-state index is 14.5. The van der Waals surface area contributed by atoms with Crippen LogP contribution in [0.5, 0.6) is 0 Å². The van der Waals surface area contributed by atoms with Gasteiger partial charge in [-0.3, -0.25) is 19.2 Å². The van der Waals surface area contributed by atoms with Crippen LogP contribution in [0.1, 0.15) is 77.4 Å². The van der Waals surface area contributed by atoms with Gasteiger partial charge in [-0.2, -0.15) is 0 Å². The van der Waals surface area contributed by atoms with Gasteiger partial charge in [0.15, 0.2) is 0 Å². The Morgan fingerprint density at radius 2 is 1.96 bits per heavy atom. The number of fused-ring (bicyclic) bond motifs is 1. The van der Waals surface area contributed by atoms with E-state index in [9.17, 15) is 24.3 Å². The number of benzene rings is 1. The van der Waals surface area contributed by atoms with Crippen LogP contribution in [-0.2, 0) is 28.7 Å². The molecule has 7 atom stereocenters. The Kier molecular flexibility index (Phi) is 12.2. The Balaban J connectivity index is 1.67. The van der Waals surface area contributed by atoms with Crippen LogP contribution >= 0.6 is 0 Å². The van der Waals surface area contributed by atoms with Crippen molar-refractivity contribution in [2.75, 3.05) is 26.2 Å². The van der Waals surface area contributed by atoms with Gasteiger partial charge in [0.2, 0.25) is 17.7 Å². The standard InChI is InChI=1S/C36H51N3O7/c1-6-9-16-29(41)37-22-28(25-14-12-11-13-15-25)45-35(44)30-27-17-18-36(46-27)31(30)33(42)39(26(23-40)21-24(4)5)32(36)34(43)38(19-8-3)20-10-7-2/h6,8,11-15,24,26-28,30-32,40H,1,3,7,9-10,16-23H2,2,4-5H3,(H,37,41)/t26-,27-,28-,30+,31+,32-,36+/m1/s1. The highest BCUT2D eigenvalue weighted by Gasteiger charge is 2.75. The number of carbonyl (C=O) groups excluding carboxylic acids is 4. The molecule has 3 amide bonds. The van der Waals surface area contributed by atoms with Gasteiger partial charge in [0, 0.05) is 19.5 Å². The first-order valence-electron chi connectivity index (χ1n) is 16.8. The molecule has 1 spiro atoms. The van der Waals surface area contributed by atoms with Gasteiger partial charge in [-0.05, 0) is 43.6 Å². The molecule has 1 aromatic carbocycles. The van der Waals surface area contributed by atoms with Crippen LogP contribution in [0, 0.1) is 17.8 Å². The van der Waals surface area contributed by atoms with Crippen molar-refractivity contribution in [3.63, 3.8) is 0 Å². The van der Waals surface area contributed by atoms with Crippen molar-refractivity contribution < 1.29 is 33.8 Å². The first-order valence-corrected chi connectivity index (χ1v) is 16.8. The molecule has 0 aromatic heterocycles. The number of allylic oxidation sites excluding steroid dienone is 1. The molecular formula is C36H51N3O7. The second kappa shape index (κ2) is 15.9. The van der Waals surface area contributed by atoms with Crippen LogP contribution in [0.15, 0.2) is 55.6 Å². The zero-order valence-corrected chi connectivity index (χ0v) is 27.6. The summed E-state index contributed by atoms with van der Waals surface area (Å²) < 4.78 is 12.7. The van der Waals surface area contributed by atoms with Crippen LogP contribution in [0.2, 0.25) is 0 Å². The molecule has 2 bridgehead atoms. The molecule has 10 heteroatoms. The highest BCUT2D eigenvalue weighted by Crippen LogP contribution is 2.59. The molecule has 3 fully saturated rings. The molecule has 46 heavy (non-hydrogen) atoms. The van der Waals surface area contributed by atoms with Gasteiger partial charge < -0.3 is 29.7 Å². The molecule has 0 unspecified atom stereocenters. The number of esters is 1. The number of aliphatic hydroxyl groups excluding tert-OH is 1. The predicted molar refractivity (Wildman–Crippen MR) is 174 cm³/mol. The zero-order valence-electron chi connectivity index (χ0n) is 27.6. The van der Waals surface area contributed by atoms with E-state index in [4.69, 9.17) is 9.47 Å². The largest absolute Gasteiger partial charge is 0.455 e. The Hall–Kier alpha value is -3.50. The van der Waals surface area contributed by atoms with E-state index in [2.05, 4.69) is 18.5 Å². The first-order chi connectivity index (χ1) is 22.1. The molecule has 0 saturated carbocycles. The summed E-state index contributed by atoms with van der Waals surface area (Å²) in [6.45, 7) is 14.1. The van der Waals surface area contributed by atoms with Gasteiger partial charge in [0.25, 0.3) is 0 Å². The summed E-state index contributed by atoms with van der Waals surface area (Å²) in [6.07, 6.45) is 5.88. The summed E-state index contributed by atoms with van der Waals surface area (Å²) in [5.74, 6) is -3.08. The number of hydrogen-bond donors (Lipinski definition) is 2. The van der Waals surface area contributed by atoms with Crippen LogP contribution in [-0.4, -0.2) is 88.6 Å². The molecule has 3 aliphatic heterocycles. The molecule has 3 aliphatic rings. The predicted octanol–water partition coefficient (Wildman–Crippen LogP) is 3.95. The lowest BCUT2D eigenvalue weighted by atomic mass is 9.70. The van der Waals surface area contributed by atoms with Crippen molar-refractivity contribution in [3.05, 3.63) is 61.2 Å². The molecule has 3 saturated heterocycles. The van der Waals surface area contributed by atoms with Gasteiger partial charge in [-0.15, -0.1) is 13.2 Å². The number of nitrogens with zero attached hydrogens (tertiary/aromatic N) is 2. The zero-order chi connectivity index (χ0) is 33.4. The third kappa shape index (κ3) is 7.23. The fraction of sp³-hybridized carbons (Fsp3) is 0.611. The maximum Gasteiger partial charge on any atom is 0.313 e. The number of aliphatic hydroxyl groups is 1. The number of ether oxygens (including phenoxy) is 2. The van der Waals surface area contributed by atoms with E-state index < -0.39 is 47.7 Å². The van der Waals surface area contributed by atoms with Gasteiger partial charge in [-0.1, -0.05) is 69.7 Å². The van der Waals surface area contributed by atoms with Gasteiger partial charge in [0.1, 0.15) is 17.7 Å². The van der Waals surface area contributed by atoms with E-state index >= 15 is 0 Å². The van der Waals surface area contributed by atoms with Crippen molar-refractivity contribution in [1.29, 1.82) is 0 Å². The summed E-state index contributed by atoms with van der Waals surface area (Å²) in [7, 11) is 0. The minimum Gasteiger partial charge on any atom is -0.455 e. The molecule has 252 valence electrons. The highest BCUT2D eigenvalue weighted by atomic mass is 16.6. The van der Waals surface area contributed by atoms with Crippen molar-refractivity contribution in [1.82, 2.24) is 15.1 Å². The van der Waals surface area contributed by atoms with Crippen LogP contribution in [0.25, 0.3) is 0 Å². The number of unbranched alkanes of at least 4 members (excludes halogenated alkanes) is 1. The lowest BCUT2D eigenvalue weighted by Gasteiger charge is -2.39. The Morgan fingerprint density at radius 3 is 2.59 bits per heavy atom. The summed E-state index contributed by atoms with van der Waals surface area (Å²) in [6, 6.07) is 7.58. The number of nitrogens with one attached hydrogen (secondary N) is 1. The number of rotatable bonds is 18. The molecule has 4 rings (SSSR count). The summed E-state index contributed by atoms with van der Waals surface area (Å²) in [5.41, 5.74) is -0.501. The minimum atomic E-state index is -1.21. The third-order valence-corrected chi connectivity index (χ3v) is 9.52. The van der Waals surface area contributed by atoms with Crippen LogP contribution in [0.3, 0.4) is 0 Å². The summed E-state index contributed by atoms with van der Waals surface area (Å²) >= 11 is 0. The van der Waals surface area contributed by atoms with E-state index in [-0.39, 0.29) is 43.2 Å². The van der Waals surface area contributed by atoms with Crippen molar-refractivity contribution in [3.8, 4) is 0 Å². The second-order valence-electron chi connectivity index (χ2n) is 13.2. The van der Waals surface area contributed by atoms with Gasteiger partial charge in [0.05, 0.1) is 37.1 Å². The lowest BCUT2D eigenvalue weighted by Crippen LogP contribution is -2.59. The van der Waals surface area contributed by atoms with Gasteiger partial charge >= 0.3 is 5.97 Å². The first kappa shape index (κ1) is 35.4. The molecule has 0 aliphatic carbocycles. The van der Waals surface area contributed by atoms with Crippen LogP contribution in [0.4, 0.5) is 0 Å². The monoisotopic (exact) mass is 637 g/mol. The summed E-state index contributed by atoms with van der Waals surface area (Å²) in [4.78, 5) is 58.8. The molecule has 1 aromatic rings. The summed E-state index contributed by atoms with van der Waals surface area (Å²) in [5, 5.41) is 13.4. The topological polar surface area (TPSA) is 125 Å². The van der Waals surface area contributed by atoms with E-state index in [1.54, 1.807) is 17.1 Å². The SMILES string of the molecule is C=CCCC(=O)NC[C@@H](OC(=O)[C@@H]1[C@H]2C(=O)N([C@@H](CO)CC(C)C)[C@H](C(=O)N(CC=C)CCCC)[C@]23CC[C@H]1O3)c1ccccc1. The van der Waals surface area contributed by atoms with E-state index in [0.717, 1.165) is 12.8 Å². The molecule has 3 heterocycles. The molecule has 0 radical (unpaired) electrons. The van der Waals surface area contributed by atoms with Crippen LogP contribution < -0.4 is 5.32 Å². The number of amides is 3. The number of likely N-dealkylation sites (tertiary alicyclic amines) is 1. The highest BCUT2D eigenvalue weighted by molar-refractivity contribution is 5.98. The van der Waals surface area contributed by atoms with Crippen molar-refractivity contribution in [2.24, 2.45) is 17.8 Å². The maximum atomic E-state index is 14.5. The normalized spacial score (nSPS) is 26.0. The Labute approximate surface area is 273 Å².